The summed E-state index contributed by atoms with van der Waals surface area (Å²) >= 11 is 6.08. The van der Waals surface area contributed by atoms with Crippen LogP contribution in [0.4, 0.5) is 0 Å². The molecule has 0 aliphatic heterocycles. The molecule has 0 saturated carbocycles. The summed E-state index contributed by atoms with van der Waals surface area (Å²) in [6.07, 6.45) is 0. The molecule has 6 nitrogen and oxygen atoms in total. The number of benzene rings is 1. The summed E-state index contributed by atoms with van der Waals surface area (Å²) in [5.41, 5.74) is 0.934. The predicted octanol–water partition coefficient (Wildman–Crippen LogP) is 1.96. The topological polar surface area (TPSA) is 76.4 Å². The summed E-state index contributed by atoms with van der Waals surface area (Å²) < 4.78 is 10.1. The standard InChI is InChI=1S/C15H18ClN3O3/c1-21-9-8-17-6-7-18-15(20)13-10-14(22-19-13)11-4-2-3-5-12(11)16/h2-5,10,17H,6-9H2,1H3,(H,18,20). The van der Waals surface area contributed by atoms with E-state index in [4.69, 9.17) is 20.9 Å². The van der Waals surface area contributed by atoms with Gasteiger partial charge in [0.05, 0.1) is 11.6 Å². The lowest BCUT2D eigenvalue weighted by Crippen LogP contribution is -2.33. The number of carbonyl (C=O) groups is 1. The van der Waals surface area contributed by atoms with Gasteiger partial charge in [-0.15, -0.1) is 0 Å². The Hall–Kier alpha value is -1.89. The van der Waals surface area contributed by atoms with Crippen LogP contribution in [0.25, 0.3) is 11.3 Å². The molecular formula is C15H18ClN3O3. The lowest BCUT2D eigenvalue weighted by molar-refractivity contribution is 0.0944. The predicted molar refractivity (Wildman–Crippen MR) is 84.0 cm³/mol. The van der Waals surface area contributed by atoms with Crippen molar-refractivity contribution in [3.8, 4) is 11.3 Å². The maximum Gasteiger partial charge on any atom is 0.273 e. The number of nitrogens with zero attached hydrogens (tertiary/aromatic N) is 1. The molecule has 0 radical (unpaired) electrons. The molecule has 2 N–H and O–H groups in total. The SMILES string of the molecule is COCCNCCNC(=O)c1cc(-c2ccccc2Cl)on1. The average Bonchev–Trinajstić information content (AvgIpc) is 3.01. The number of aromatic nitrogens is 1. The second-order valence-electron chi connectivity index (χ2n) is 4.55. The minimum atomic E-state index is -0.282. The van der Waals surface area contributed by atoms with E-state index >= 15 is 0 Å². The largest absolute Gasteiger partial charge is 0.383 e. The average molecular weight is 324 g/mol. The third-order valence-electron chi connectivity index (χ3n) is 2.95. The summed E-state index contributed by atoms with van der Waals surface area (Å²) in [6.45, 7) is 2.53. The number of hydrogen-bond donors (Lipinski definition) is 2. The Labute approximate surface area is 133 Å². The molecule has 2 aromatic rings. The van der Waals surface area contributed by atoms with E-state index in [2.05, 4.69) is 15.8 Å². The maximum atomic E-state index is 11.9. The van der Waals surface area contributed by atoms with Gasteiger partial charge < -0.3 is 19.9 Å². The highest BCUT2D eigenvalue weighted by molar-refractivity contribution is 6.33. The van der Waals surface area contributed by atoms with Crippen LogP contribution in [0.1, 0.15) is 10.5 Å². The molecule has 1 amide bonds. The highest BCUT2D eigenvalue weighted by atomic mass is 35.5. The number of hydrogen-bond acceptors (Lipinski definition) is 5. The molecule has 0 fully saturated rings. The summed E-state index contributed by atoms with van der Waals surface area (Å²) in [5.74, 6) is 0.185. The lowest BCUT2D eigenvalue weighted by atomic mass is 10.1. The van der Waals surface area contributed by atoms with E-state index < -0.39 is 0 Å². The Bertz CT molecular complexity index is 616. The molecule has 0 aliphatic rings. The molecule has 0 aliphatic carbocycles. The first-order valence-corrected chi connectivity index (χ1v) is 7.29. The first-order valence-electron chi connectivity index (χ1n) is 6.92. The monoisotopic (exact) mass is 323 g/mol. The van der Waals surface area contributed by atoms with Crippen LogP contribution in [-0.4, -0.2) is 44.4 Å². The normalized spacial score (nSPS) is 10.6. The van der Waals surface area contributed by atoms with Crippen molar-refractivity contribution in [3.05, 3.63) is 41.0 Å². The molecule has 0 spiro atoms. The van der Waals surface area contributed by atoms with E-state index in [1.807, 2.05) is 18.2 Å². The zero-order valence-corrected chi connectivity index (χ0v) is 13.0. The van der Waals surface area contributed by atoms with Crippen LogP contribution in [0.2, 0.25) is 5.02 Å². The van der Waals surface area contributed by atoms with Crippen LogP contribution in [0.15, 0.2) is 34.9 Å². The third-order valence-corrected chi connectivity index (χ3v) is 3.28. The molecular weight excluding hydrogens is 306 g/mol. The van der Waals surface area contributed by atoms with Crippen molar-refractivity contribution >= 4 is 17.5 Å². The number of nitrogens with one attached hydrogen (secondary N) is 2. The van der Waals surface area contributed by atoms with E-state index in [-0.39, 0.29) is 11.6 Å². The van der Waals surface area contributed by atoms with Crippen LogP contribution in [-0.2, 0) is 4.74 Å². The molecule has 22 heavy (non-hydrogen) atoms. The molecule has 1 aromatic heterocycles. The van der Waals surface area contributed by atoms with Gasteiger partial charge in [0, 0.05) is 38.4 Å². The molecule has 0 unspecified atom stereocenters. The fraction of sp³-hybridized carbons (Fsp3) is 0.333. The van der Waals surface area contributed by atoms with Gasteiger partial charge in [-0.1, -0.05) is 28.9 Å². The van der Waals surface area contributed by atoms with Crippen molar-refractivity contribution in [2.24, 2.45) is 0 Å². The Kier molecular flexibility index (Phi) is 6.39. The van der Waals surface area contributed by atoms with Crippen molar-refractivity contribution in [2.45, 2.75) is 0 Å². The van der Waals surface area contributed by atoms with Crippen molar-refractivity contribution in [1.82, 2.24) is 15.8 Å². The number of methoxy groups -OCH3 is 1. The minimum Gasteiger partial charge on any atom is -0.383 e. The maximum absolute atomic E-state index is 11.9. The van der Waals surface area contributed by atoms with Crippen LogP contribution in [0, 0.1) is 0 Å². The van der Waals surface area contributed by atoms with Crippen molar-refractivity contribution in [3.63, 3.8) is 0 Å². The number of rotatable bonds is 8. The van der Waals surface area contributed by atoms with Gasteiger partial charge in [0.25, 0.3) is 5.91 Å². The fourth-order valence-electron chi connectivity index (χ4n) is 1.82. The summed E-state index contributed by atoms with van der Waals surface area (Å²) in [4.78, 5) is 11.9. The molecule has 0 bridgehead atoms. The Morgan fingerprint density at radius 2 is 2.14 bits per heavy atom. The van der Waals surface area contributed by atoms with E-state index in [0.29, 0.717) is 36.0 Å². The van der Waals surface area contributed by atoms with Gasteiger partial charge in [0.2, 0.25) is 0 Å². The summed E-state index contributed by atoms with van der Waals surface area (Å²) in [7, 11) is 1.64. The number of halogens is 1. The molecule has 1 heterocycles. The molecule has 0 saturated heterocycles. The van der Waals surface area contributed by atoms with E-state index in [0.717, 1.165) is 6.54 Å². The zero-order valence-electron chi connectivity index (χ0n) is 12.3. The first kappa shape index (κ1) is 16.5. The fourth-order valence-corrected chi connectivity index (χ4v) is 2.05. The second kappa shape index (κ2) is 8.53. The van der Waals surface area contributed by atoms with E-state index in [1.165, 1.54) is 0 Å². The van der Waals surface area contributed by atoms with Crippen molar-refractivity contribution < 1.29 is 14.1 Å². The summed E-state index contributed by atoms with van der Waals surface area (Å²) in [6, 6.07) is 8.81. The highest BCUT2D eigenvalue weighted by Gasteiger charge is 2.14. The quantitative estimate of drug-likeness (QED) is 0.726. The highest BCUT2D eigenvalue weighted by Crippen LogP contribution is 2.27. The van der Waals surface area contributed by atoms with Crippen LogP contribution < -0.4 is 10.6 Å². The number of carbonyl (C=O) groups excluding carboxylic acids is 1. The third kappa shape index (κ3) is 4.56. The number of amides is 1. The van der Waals surface area contributed by atoms with Gasteiger partial charge >= 0.3 is 0 Å². The van der Waals surface area contributed by atoms with Gasteiger partial charge in [-0.25, -0.2) is 0 Å². The number of ether oxygens (including phenoxy) is 1. The smallest absolute Gasteiger partial charge is 0.273 e. The zero-order chi connectivity index (χ0) is 15.8. The summed E-state index contributed by atoms with van der Waals surface area (Å²) in [5, 5.41) is 10.2. The Morgan fingerprint density at radius 1 is 1.32 bits per heavy atom. The molecule has 0 atom stereocenters. The lowest BCUT2D eigenvalue weighted by Gasteiger charge is -2.04. The second-order valence-corrected chi connectivity index (χ2v) is 4.96. The molecule has 118 valence electrons. The van der Waals surface area contributed by atoms with Crippen LogP contribution >= 0.6 is 11.6 Å². The molecule has 2 rings (SSSR count). The molecule has 1 aromatic carbocycles. The van der Waals surface area contributed by atoms with Crippen LogP contribution in [0.3, 0.4) is 0 Å². The van der Waals surface area contributed by atoms with Crippen molar-refractivity contribution in [1.29, 1.82) is 0 Å². The van der Waals surface area contributed by atoms with Gasteiger partial charge in [0.1, 0.15) is 0 Å². The van der Waals surface area contributed by atoms with E-state index in [9.17, 15) is 4.79 Å². The van der Waals surface area contributed by atoms with E-state index in [1.54, 1.807) is 19.2 Å². The first-order chi connectivity index (χ1) is 10.7. The van der Waals surface area contributed by atoms with Crippen LogP contribution in [0.5, 0.6) is 0 Å². The Balaban J connectivity index is 1.86. The van der Waals surface area contributed by atoms with Gasteiger partial charge in [0.15, 0.2) is 11.5 Å². The van der Waals surface area contributed by atoms with Gasteiger partial charge in [-0.3, -0.25) is 4.79 Å². The van der Waals surface area contributed by atoms with Gasteiger partial charge in [-0.05, 0) is 12.1 Å². The minimum absolute atomic E-state index is 0.229. The van der Waals surface area contributed by atoms with Crippen molar-refractivity contribution in [2.75, 3.05) is 33.4 Å². The Morgan fingerprint density at radius 3 is 2.91 bits per heavy atom. The van der Waals surface area contributed by atoms with Gasteiger partial charge in [-0.2, -0.15) is 0 Å². The molecule has 7 heteroatoms.